The number of hydrogen-bond donors (Lipinski definition) is 2. The van der Waals surface area contributed by atoms with Gasteiger partial charge in [0.15, 0.2) is 0 Å². The van der Waals surface area contributed by atoms with E-state index in [1.54, 1.807) is 17.4 Å². The summed E-state index contributed by atoms with van der Waals surface area (Å²) in [6.45, 7) is 6.54. The number of benzene rings is 2. The van der Waals surface area contributed by atoms with Gasteiger partial charge < -0.3 is 15.1 Å². The van der Waals surface area contributed by atoms with Crippen molar-refractivity contribution in [3.8, 4) is 0 Å². The van der Waals surface area contributed by atoms with E-state index in [0.29, 0.717) is 11.3 Å². The first-order chi connectivity index (χ1) is 14.6. The number of hydrogen-bond acceptors (Lipinski definition) is 3. The molecule has 2 N–H and O–H groups in total. The summed E-state index contributed by atoms with van der Waals surface area (Å²) in [5.74, 6) is -0.224. The topological polar surface area (TPSA) is 36.8 Å². The molecule has 0 radical (unpaired) electrons. The number of anilines is 2. The molecule has 30 heavy (non-hydrogen) atoms. The molecule has 1 aliphatic rings. The number of nitrogens with one attached hydrogen (secondary N) is 2. The van der Waals surface area contributed by atoms with E-state index in [1.807, 2.05) is 42.5 Å². The number of amides is 1. The highest BCUT2D eigenvalue weighted by Crippen LogP contribution is 2.29. The van der Waals surface area contributed by atoms with Gasteiger partial charge >= 0.3 is 0 Å². The molecular formula is C24H27FN3OS+. The van der Waals surface area contributed by atoms with Gasteiger partial charge in [-0.3, -0.25) is 4.79 Å². The summed E-state index contributed by atoms with van der Waals surface area (Å²) in [7, 11) is 0. The first-order valence-electron chi connectivity index (χ1n) is 10.4. The molecule has 3 aromatic rings. The van der Waals surface area contributed by atoms with Gasteiger partial charge in [0.25, 0.3) is 5.91 Å². The summed E-state index contributed by atoms with van der Waals surface area (Å²) in [6, 6.07) is 18.5. The molecule has 0 saturated carbocycles. The highest BCUT2D eigenvalue weighted by molar-refractivity contribution is 7.16. The van der Waals surface area contributed by atoms with Gasteiger partial charge in [0.05, 0.1) is 31.9 Å². The van der Waals surface area contributed by atoms with Crippen LogP contribution in [-0.4, -0.2) is 32.1 Å². The SMILES string of the molecule is CCc1cc(C[NH+]2CCN(c3ccccc3F)CC2)c(NC(=O)c2ccccc2)s1. The fourth-order valence-corrected chi connectivity index (χ4v) is 4.89. The molecular weight excluding hydrogens is 397 g/mol. The maximum Gasteiger partial charge on any atom is 0.256 e. The molecule has 1 aliphatic heterocycles. The molecule has 2 heterocycles. The van der Waals surface area contributed by atoms with Crippen LogP contribution in [0.25, 0.3) is 0 Å². The first-order valence-corrected chi connectivity index (χ1v) is 11.3. The largest absolute Gasteiger partial charge is 0.358 e. The molecule has 4 rings (SSSR count). The highest BCUT2D eigenvalue weighted by atomic mass is 32.1. The maximum atomic E-state index is 14.1. The number of aryl methyl sites for hydroxylation is 1. The minimum Gasteiger partial charge on any atom is -0.358 e. The third-order valence-corrected chi connectivity index (χ3v) is 6.81. The lowest BCUT2D eigenvalue weighted by Gasteiger charge is -2.33. The van der Waals surface area contributed by atoms with Crippen LogP contribution >= 0.6 is 11.3 Å². The highest BCUT2D eigenvalue weighted by Gasteiger charge is 2.24. The fraction of sp³-hybridized carbons (Fsp3) is 0.292. The summed E-state index contributed by atoms with van der Waals surface area (Å²) in [4.78, 5) is 17.5. The van der Waals surface area contributed by atoms with Gasteiger partial charge in [0, 0.05) is 16.0 Å². The number of piperazine rings is 1. The third-order valence-electron chi connectivity index (χ3n) is 5.58. The lowest BCUT2D eigenvalue weighted by Crippen LogP contribution is -3.13. The minimum atomic E-state index is -0.155. The Labute approximate surface area is 180 Å². The Bertz CT molecular complexity index is 997. The quantitative estimate of drug-likeness (QED) is 0.634. The predicted molar refractivity (Wildman–Crippen MR) is 121 cm³/mol. The van der Waals surface area contributed by atoms with E-state index in [9.17, 15) is 9.18 Å². The number of quaternary nitrogens is 1. The summed E-state index contributed by atoms with van der Waals surface area (Å²) in [5, 5.41) is 4.07. The summed E-state index contributed by atoms with van der Waals surface area (Å²) in [5.41, 5.74) is 2.55. The Morgan fingerprint density at radius 3 is 2.50 bits per heavy atom. The molecule has 156 valence electrons. The van der Waals surface area contributed by atoms with Crippen molar-refractivity contribution in [2.75, 3.05) is 36.4 Å². The second-order valence-corrected chi connectivity index (χ2v) is 8.74. The zero-order valence-electron chi connectivity index (χ0n) is 17.2. The van der Waals surface area contributed by atoms with Crippen LogP contribution in [0.15, 0.2) is 60.7 Å². The monoisotopic (exact) mass is 424 g/mol. The van der Waals surface area contributed by atoms with Crippen LogP contribution in [0.3, 0.4) is 0 Å². The average Bonchev–Trinajstić information content (AvgIpc) is 3.16. The van der Waals surface area contributed by atoms with E-state index in [-0.39, 0.29) is 11.7 Å². The lowest BCUT2D eigenvalue weighted by atomic mass is 10.2. The van der Waals surface area contributed by atoms with Gasteiger partial charge in [-0.1, -0.05) is 37.3 Å². The van der Waals surface area contributed by atoms with Gasteiger partial charge in [-0.15, -0.1) is 11.3 Å². The van der Waals surface area contributed by atoms with Crippen molar-refractivity contribution < 1.29 is 14.1 Å². The third kappa shape index (κ3) is 4.71. The number of para-hydroxylation sites is 1. The van der Waals surface area contributed by atoms with E-state index in [1.165, 1.54) is 21.4 Å². The number of halogens is 1. The summed E-state index contributed by atoms with van der Waals surface area (Å²) >= 11 is 1.67. The van der Waals surface area contributed by atoms with Gasteiger partial charge in [-0.05, 0) is 36.8 Å². The Morgan fingerprint density at radius 2 is 1.80 bits per heavy atom. The van der Waals surface area contributed by atoms with E-state index in [4.69, 9.17) is 0 Å². The van der Waals surface area contributed by atoms with Crippen LogP contribution in [0.2, 0.25) is 0 Å². The van der Waals surface area contributed by atoms with Gasteiger partial charge in [0.2, 0.25) is 0 Å². The van der Waals surface area contributed by atoms with Gasteiger partial charge in [0.1, 0.15) is 17.4 Å². The summed E-state index contributed by atoms with van der Waals surface area (Å²) < 4.78 is 14.1. The molecule has 0 bridgehead atoms. The van der Waals surface area contributed by atoms with Gasteiger partial charge in [-0.2, -0.15) is 0 Å². The maximum absolute atomic E-state index is 14.1. The first kappa shape index (κ1) is 20.6. The van der Waals surface area contributed by atoms with Crippen molar-refractivity contribution in [2.45, 2.75) is 19.9 Å². The molecule has 2 aromatic carbocycles. The Balaban J connectivity index is 1.42. The van der Waals surface area contributed by atoms with Crippen molar-refractivity contribution in [3.63, 3.8) is 0 Å². The standard InChI is InChI=1S/C24H26FN3OS/c1-2-20-16-19(24(30-20)26-23(29)18-8-4-3-5-9-18)17-27-12-14-28(15-13-27)22-11-7-6-10-21(22)25/h3-11,16H,2,12-15,17H2,1H3,(H,26,29)/p+1. The average molecular weight is 425 g/mol. The molecule has 6 heteroatoms. The minimum absolute atomic E-state index is 0.0688. The van der Waals surface area contributed by atoms with Crippen molar-refractivity contribution in [3.05, 3.63) is 82.5 Å². The van der Waals surface area contributed by atoms with Crippen LogP contribution in [0.1, 0.15) is 27.7 Å². The predicted octanol–water partition coefficient (Wildman–Crippen LogP) is 3.61. The van der Waals surface area contributed by atoms with Crippen LogP contribution in [0, 0.1) is 5.82 Å². The van der Waals surface area contributed by atoms with Crippen molar-refractivity contribution in [1.82, 2.24) is 0 Å². The second kappa shape index (κ2) is 9.41. The zero-order chi connectivity index (χ0) is 20.9. The normalized spacial score (nSPS) is 14.7. The van der Waals surface area contributed by atoms with E-state index in [0.717, 1.165) is 44.1 Å². The Kier molecular flexibility index (Phi) is 6.45. The second-order valence-electron chi connectivity index (χ2n) is 7.61. The fourth-order valence-electron chi connectivity index (χ4n) is 3.88. The zero-order valence-corrected chi connectivity index (χ0v) is 18.0. The van der Waals surface area contributed by atoms with Crippen LogP contribution < -0.4 is 15.1 Å². The number of thiophene rings is 1. The number of carbonyl (C=O) groups excluding carboxylic acids is 1. The van der Waals surface area contributed by atoms with Gasteiger partial charge in [-0.25, -0.2) is 4.39 Å². The molecule has 1 amide bonds. The number of carbonyl (C=O) groups is 1. The molecule has 0 atom stereocenters. The molecule has 0 spiro atoms. The Hall–Kier alpha value is -2.70. The molecule has 1 fully saturated rings. The molecule has 0 aliphatic carbocycles. The van der Waals surface area contributed by atoms with E-state index < -0.39 is 0 Å². The van der Waals surface area contributed by atoms with Crippen LogP contribution in [-0.2, 0) is 13.0 Å². The number of rotatable bonds is 6. The van der Waals surface area contributed by atoms with Crippen molar-refractivity contribution in [2.24, 2.45) is 0 Å². The van der Waals surface area contributed by atoms with E-state index >= 15 is 0 Å². The smallest absolute Gasteiger partial charge is 0.256 e. The molecule has 4 nitrogen and oxygen atoms in total. The van der Waals surface area contributed by atoms with Crippen LogP contribution in [0.4, 0.5) is 15.1 Å². The molecule has 0 unspecified atom stereocenters. The molecule has 1 saturated heterocycles. The van der Waals surface area contributed by atoms with E-state index in [2.05, 4.69) is 23.2 Å². The van der Waals surface area contributed by atoms with Crippen molar-refractivity contribution in [1.29, 1.82) is 0 Å². The lowest BCUT2D eigenvalue weighted by molar-refractivity contribution is -0.914. The summed E-state index contributed by atoms with van der Waals surface area (Å²) in [6.07, 6.45) is 0.954. The number of nitrogens with zero attached hydrogens (tertiary/aromatic N) is 1. The van der Waals surface area contributed by atoms with Crippen LogP contribution in [0.5, 0.6) is 0 Å². The molecule has 1 aromatic heterocycles. The Morgan fingerprint density at radius 1 is 1.10 bits per heavy atom. The van der Waals surface area contributed by atoms with Crippen molar-refractivity contribution >= 4 is 27.9 Å².